The molecule has 2 aromatic carbocycles. The lowest BCUT2D eigenvalue weighted by Crippen LogP contribution is -2.36. The molecule has 0 radical (unpaired) electrons. The van der Waals surface area contributed by atoms with E-state index < -0.39 is 18.1 Å². The molecule has 25 heavy (non-hydrogen) atoms. The Kier molecular flexibility index (Phi) is 5.20. The average molecular weight is 340 g/mol. The number of hydrogen-bond acceptors (Lipinski definition) is 6. The quantitative estimate of drug-likeness (QED) is 0.621. The molecule has 1 aliphatic heterocycles. The zero-order chi connectivity index (χ0) is 17.6. The van der Waals surface area contributed by atoms with Gasteiger partial charge in [-0.25, -0.2) is 4.79 Å². The van der Waals surface area contributed by atoms with Crippen LogP contribution in [-0.4, -0.2) is 28.9 Å². The minimum atomic E-state index is -0.665. The molecule has 3 rings (SSSR count). The maximum Gasteiger partial charge on any atom is 0.363 e. The molecular formula is C19H20N2O4. The lowest BCUT2D eigenvalue weighted by molar-refractivity contribution is -0.176. The van der Waals surface area contributed by atoms with Crippen LogP contribution in [0.15, 0.2) is 72.2 Å². The van der Waals surface area contributed by atoms with Crippen LogP contribution in [0.4, 0.5) is 5.69 Å². The van der Waals surface area contributed by atoms with Gasteiger partial charge in [0, 0.05) is 5.69 Å². The van der Waals surface area contributed by atoms with Gasteiger partial charge in [0.2, 0.25) is 0 Å². The predicted molar refractivity (Wildman–Crippen MR) is 93.2 cm³/mol. The van der Waals surface area contributed by atoms with Crippen molar-refractivity contribution in [2.75, 3.05) is 11.9 Å². The normalized spacial score (nSPS) is 19.4. The standard InChI is InChI=1S/C19H20N2O4/c1-2-24-18(22)16-17(20-15-11-7-4-8-12-15)21(25-19(16)23)13-14-9-5-3-6-10-14/h3-12,17,20,22H,2,13H2,1H3/b18-16+. The van der Waals surface area contributed by atoms with E-state index in [2.05, 4.69) is 5.32 Å². The number of carbonyl (C=O) groups excluding carboxylic acids is 1. The van der Waals surface area contributed by atoms with Gasteiger partial charge in [0.1, 0.15) is 0 Å². The summed E-state index contributed by atoms with van der Waals surface area (Å²) in [7, 11) is 0. The topological polar surface area (TPSA) is 71.0 Å². The Hall–Kier alpha value is -2.99. The Morgan fingerprint density at radius 3 is 2.44 bits per heavy atom. The van der Waals surface area contributed by atoms with Crippen molar-refractivity contribution in [3.63, 3.8) is 0 Å². The van der Waals surface area contributed by atoms with E-state index in [0.29, 0.717) is 6.54 Å². The average Bonchev–Trinajstić information content (AvgIpc) is 2.92. The van der Waals surface area contributed by atoms with Gasteiger partial charge in [0.25, 0.3) is 5.95 Å². The smallest absolute Gasteiger partial charge is 0.363 e. The highest BCUT2D eigenvalue weighted by molar-refractivity contribution is 5.92. The third kappa shape index (κ3) is 3.92. The number of benzene rings is 2. The molecule has 1 heterocycles. The van der Waals surface area contributed by atoms with Crippen LogP contribution in [0, 0.1) is 0 Å². The van der Waals surface area contributed by atoms with Gasteiger partial charge in [0.15, 0.2) is 11.7 Å². The monoisotopic (exact) mass is 340 g/mol. The van der Waals surface area contributed by atoms with E-state index in [0.717, 1.165) is 11.3 Å². The van der Waals surface area contributed by atoms with Crippen LogP contribution < -0.4 is 5.32 Å². The van der Waals surface area contributed by atoms with Crippen molar-refractivity contribution < 1.29 is 19.5 Å². The molecule has 1 fully saturated rings. The van der Waals surface area contributed by atoms with E-state index in [1.54, 1.807) is 6.92 Å². The first-order valence-corrected chi connectivity index (χ1v) is 8.09. The number of anilines is 1. The SMILES string of the molecule is CCO/C(O)=C1/C(=O)ON(Cc2ccccc2)C1Nc1ccccc1. The number of aliphatic hydroxyl groups excluding tert-OH is 1. The summed E-state index contributed by atoms with van der Waals surface area (Å²) in [5.41, 5.74) is 1.83. The molecular weight excluding hydrogens is 320 g/mol. The van der Waals surface area contributed by atoms with E-state index in [-0.39, 0.29) is 12.2 Å². The summed E-state index contributed by atoms with van der Waals surface area (Å²) in [5, 5.41) is 14.9. The molecule has 130 valence electrons. The fourth-order valence-electron chi connectivity index (χ4n) is 2.61. The summed E-state index contributed by atoms with van der Waals surface area (Å²) in [6.45, 7) is 2.36. The molecule has 0 saturated carbocycles. The molecule has 0 aromatic heterocycles. The Balaban J connectivity index is 1.90. The predicted octanol–water partition coefficient (Wildman–Crippen LogP) is 3.20. The van der Waals surface area contributed by atoms with Crippen LogP contribution in [0.25, 0.3) is 0 Å². The number of rotatable bonds is 6. The zero-order valence-corrected chi connectivity index (χ0v) is 13.9. The van der Waals surface area contributed by atoms with E-state index in [1.165, 1.54) is 5.06 Å². The number of hydrogen-bond donors (Lipinski definition) is 2. The zero-order valence-electron chi connectivity index (χ0n) is 13.9. The number of nitrogens with zero attached hydrogens (tertiary/aromatic N) is 1. The Morgan fingerprint density at radius 2 is 1.80 bits per heavy atom. The molecule has 2 aromatic rings. The molecule has 6 heteroatoms. The van der Waals surface area contributed by atoms with E-state index >= 15 is 0 Å². The van der Waals surface area contributed by atoms with Crippen LogP contribution in [-0.2, 0) is 20.9 Å². The largest absolute Gasteiger partial charge is 0.481 e. The third-order valence-electron chi connectivity index (χ3n) is 3.75. The minimum Gasteiger partial charge on any atom is -0.481 e. The summed E-state index contributed by atoms with van der Waals surface area (Å²) >= 11 is 0. The van der Waals surface area contributed by atoms with Crippen molar-refractivity contribution in [1.82, 2.24) is 5.06 Å². The van der Waals surface area contributed by atoms with Crippen LogP contribution in [0.2, 0.25) is 0 Å². The molecule has 1 saturated heterocycles. The summed E-state index contributed by atoms with van der Waals surface area (Å²) in [6.07, 6.45) is -0.665. The maximum atomic E-state index is 12.3. The molecule has 1 atom stereocenters. The highest BCUT2D eigenvalue weighted by Gasteiger charge is 2.42. The first-order chi connectivity index (χ1) is 12.2. The van der Waals surface area contributed by atoms with Gasteiger partial charge in [-0.1, -0.05) is 48.5 Å². The van der Waals surface area contributed by atoms with Crippen molar-refractivity contribution in [3.8, 4) is 0 Å². The van der Waals surface area contributed by atoms with Gasteiger partial charge in [-0.2, -0.15) is 0 Å². The second-order valence-electron chi connectivity index (χ2n) is 5.50. The highest BCUT2D eigenvalue weighted by Crippen LogP contribution is 2.28. The molecule has 0 aliphatic carbocycles. The molecule has 0 spiro atoms. The third-order valence-corrected chi connectivity index (χ3v) is 3.75. The van der Waals surface area contributed by atoms with E-state index in [4.69, 9.17) is 9.57 Å². The molecule has 1 unspecified atom stereocenters. The van der Waals surface area contributed by atoms with Gasteiger partial charge in [-0.15, -0.1) is 5.06 Å². The van der Waals surface area contributed by atoms with Crippen molar-refractivity contribution >= 4 is 11.7 Å². The molecule has 1 aliphatic rings. The first-order valence-electron chi connectivity index (χ1n) is 8.09. The van der Waals surface area contributed by atoms with E-state index in [1.807, 2.05) is 60.7 Å². The number of ether oxygens (including phenoxy) is 1. The highest BCUT2D eigenvalue weighted by atomic mass is 16.7. The molecule has 6 nitrogen and oxygen atoms in total. The Bertz CT molecular complexity index is 747. The van der Waals surface area contributed by atoms with Crippen LogP contribution in [0.3, 0.4) is 0 Å². The number of hydroxylamine groups is 2. The molecule has 2 N–H and O–H groups in total. The van der Waals surface area contributed by atoms with Gasteiger partial charge < -0.3 is 20.0 Å². The summed E-state index contributed by atoms with van der Waals surface area (Å²) in [6, 6.07) is 19.1. The summed E-state index contributed by atoms with van der Waals surface area (Å²) in [4.78, 5) is 17.7. The fourth-order valence-corrected chi connectivity index (χ4v) is 2.61. The lowest BCUT2D eigenvalue weighted by Gasteiger charge is -2.23. The second kappa shape index (κ2) is 7.72. The molecule has 0 amide bonds. The fraction of sp³-hybridized carbons (Fsp3) is 0.211. The molecule has 0 bridgehead atoms. The van der Waals surface area contributed by atoms with Crippen LogP contribution in [0.1, 0.15) is 12.5 Å². The second-order valence-corrected chi connectivity index (χ2v) is 5.50. The van der Waals surface area contributed by atoms with Crippen LogP contribution in [0.5, 0.6) is 0 Å². The lowest BCUT2D eigenvalue weighted by atomic mass is 10.2. The summed E-state index contributed by atoms with van der Waals surface area (Å²) < 4.78 is 5.13. The van der Waals surface area contributed by atoms with Gasteiger partial charge >= 0.3 is 5.97 Å². The Labute approximate surface area is 146 Å². The number of carbonyl (C=O) groups is 1. The van der Waals surface area contributed by atoms with Crippen molar-refractivity contribution in [2.24, 2.45) is 0 Å². The van der Waals surface area contributed by atoms with Crippen molar-refractivity contribution in [2.45, 2.75) is 19.6 Å². The van der Waals surface area contributed by atoms with Gasteiger partial charge in [-0.3, -0.25) is 0 Å². The summed E-state index contributed by atoms with van der Waals surface area (Å²) in [5.74, 6) is -1.05. The first kappa shape index (κ1) is 16.9. The number of para-hydroxylation sites is 1. The van der Waals surface area contributed by atoms with Gasteiger partial charge in [-0.05, 0) is 24.6 Å². The minimum absolute atomic E-state index is 0.0571. The van der Waals surface area contributed by atoms with Crippen molar-refractivity contribution in [3.05, 3.63) is 77.7 Å². The number of nitrogens with one attached hydrogen (secondary N) is 1. The maximum absolute atomic E-state index is 12.3. The van der Waals surface area contributed by atoms with Crippen LogP contribution >= 0.6 is 0 Å². The number of aliphatic hydroxyl groups is 1. The van der Waals surface area contributed by atoms with Gasteiger partial charge in [0.05, 0.1) is 13.2 Å². The van der Waals surface area contributed by atoms with Crippen molar-refractivity contribution in [1.29, 1.82) is 0 Å². The Morgan fingerprint density at radius 1 is 1.16 bits per heavy atom. The van der Waals surface area contributed by atoms with E-state index in [9.17, 15) is 9.90 Å².